The number of halogens is 1. The molecule has 1 aromatic rings. The van der Waals surface area contributed by atoms with Crippen molar-refractivity contribution in [2.75, 3.05) is 5.32 Å². The van der Waals surface area contributed by atoms with Crippen LogP contribution in [0.4, 0.5) is 5.69 Å². The molecule has 1 unspecified atom stereocenters. The highest BCUT2D eigenvalue weighted by Gasteiger charge is 2.17. The molecular weight excluding hydrogens is 320 g/mol. The summed E-state index contributed by atoms with van der Waals surface area (Å²) in [5.74, 6) is -1.35. The summed E-state index contributed by atoms with van der Waals surface area (Å²) in [7, 11) is 0. The molecule has 3 amide bonds. The van der Waals surface area contributed by atoms with Crippen LogP contribution in [-0.4, -0.2) is 29.3 Å². The average molecular weight is 343 g/mol. The van der Waals surface area contributed by atoms with E-state index in [-0.39, 0.29) is 30.3 Å². The summed E-state index contributed by atoms with van der Waals surface area (Å²) in [6.45, 7) is 5.67. The molecule has 0 saturated heterocycles. The van der Waals surface area contributed by atoms with Gasteiger partial charge in [0.05, 0.1) is 12.5 Å². The topological polar surface area (TPSA) is 127 Å². The van der Waals surface area contributed by atoms with Crippen LogP contribution >= 0.6 is 12.4 Å². The van der Waals surface area contributed by atoms with Gasteiger partial charge in [-0.2, -0.15) is 0 Å². The Hall–Kier alpha value is -2.12. The zero-order valence-corrected chi connectivity index (χ0v) is 14.2. The lowest BCUT2D eigenvalue weighted by atomic mass is 10.1. The third-order valence-corrected chi connectivity index (χ3v) is 2.66. The molecule has 128 valence electrons. The summed E-state index contributed by atoms with van der Waals surface area (Å²) < 4.78 is 0. The van der Waals surface area contributed by atoms with Crippen LogP contribution in [0.25, 0.3) is 0 Å². The molecule has 0 saturated carbocycles. The minimum absolute atomic E-state index is 0. The van der Waals surface area contributed by atoms with Crippen molar-refractivity contribution >= 4 is 35.8 Å². The van der Waals surface area contributed by atoms with Gasteiger partial charge in [-0.15, -0.1) is 12.4 Å². The number of carbonyl (C=O) groups is 3. The van der Waals surface area contributed by atoms with Gasteiger partial charge < -0.3 is 22.1 Å². The van der Waals surface area contributed by atoms with Gasteiger partial charge in [0.2, 0.25) is 11.8 Å². The maximum Gasteiger partial charge on any atom is 0.251 e. The first kappa shape index (κ1) is 20.9. The fourth-order valence-electron chi connectivity index (χ4n) is 1.66. The molecule has 0 spiro atoms. The lowest BCUT2D eigenvalue weighted by molar-refractivity contribution is -0.123. The summed E-state index contributed by atoms with van der Waals surface area (Å²) in [4.78, 5) is 34.4. The van der Waals surface area contributed by atoms with Crippen LogP contribution in [0.3, 0.4) is 0 Å². The number of anilines is 1. The third-order valence-electron chi connectivity index (χ3n) is 2.66. The minimum Gasteiger partial charge on any atom is -0.370 e. The summed E-state index contributed by atoms with van der Waals surface area (Å²) in [6.07, 6.45) is -0.224. The maximum absolute atomic E-state index is 12.0. The van der Waals surface area contributed by atoms with Gasteiger partial charge >= 0.3 is 0 Å². The molecule has 1 rings (SSSR count). The molecule has 23 heavy (non-hydrogen) atoms. The number of nitrogens with one attached hydrogen (secondary N) is 2. The van der Waals surface area contributed by atoms with Crippen molar-refractivity contribution in [2.45, 2.75) is 38.8 Å². The van der Waals surface area contributed by atoms with Crippen molar-refractivity contribution < 1.29 is 14.4 Å². The maximum atomic E-state index is 12.0. The number of primary amides is 1. The zero-order chi connectivity index (χ0) is 16.9. The van der Waals surface area contributed by atoms with Crippen LogP contribution < -0.4 is 22.1 Å². The monoisotopic (exact) mass is 342 g/mol. The predicted octanol–water partition coefficient (Wildman–Crippen LogP) is 0.778. The van der Waals surface area contributed by atoms with Crippen molar-refractivity contribution in [1.29, 1.82) is 0 Å². The SMILES string of the molecule is CC(C)(C)NC(=O)c1ccc(NC(=O)C(N)CC(N)=O)cc1.Cl. The van der Waals surface area contributed by atoms with Crippen molar-refractivity contribution in [3.63, 3.8) is 0 Å². The highest BCUT2D eigenvalue weighted by Crippen LogP contribution is 2.11. The van der Waals surface area contributed by atoms with Crippen LogP contribution in [-0.2, 0) is 9.59 Å². The number of nitrogens with two attached hydrogens (primary N) is 2. The average Bonchev–Trinajstić information content (AvgIpc) is 2.36. The zero-order valence-electron chi connectivity index (χ0n) is 13.4. The molecule has 0 aliphatic heterocycles. The van der Waals surface area contributed by atoms with Gasteiger partial charge in [-0.05, 0) is 45.0 Å². The smallest absolute Gasteiger partial charge is 0.251 e. The van der Waals surface area contributed by atoms with E-state index in [4.69, 9.17) is 11.5 Å². The molecule has 0 aliphatic rings. The van der Waals surface area contributed by atoms with Crippen molar-refractivity contribution in [3.05, 3.63) is 29.8 Å². The van der Waals surface area contributed by atoms with Gasteiger partial charge in [-0.3, -0.25) is 14.4 Å². The van der Waals surface area contributed by atoms with E-state index in [1.807, 2.05) is 20.8 Å². The Bertz CT molecular complexity index is 567. The summed E-state index contributed by atoms with van der Waals surface area (Å²) in [5, 5.41) is 5.40. The largest absolute Gasteiger partial charge is 0.370 e. The van der Waals surface area contributed by atoms with Gasteiger partial charge in [0.1, 0.15) is 0 Å². The summed E-state index contributed by atoms with van der Waals surface area (Å²) in [5.41, 5.74) is 11.2. The molecule has 1 aromatic carbocycles. The summed E-state index contributed by atoms with van der Waals surface area (Å²) >= 11 is 0. The second kappa shape index (κ2) is 8.50. The van der Waals surface area contributed by atoms with Gasteiger partial charge in [0.25, 0.3) is 5.91 Å². The highest BCUT2D eigenvalue weighted by molar-refractivity contribution is 5.98. The Labute approximate surface area is 141 Å². The first-order valence-corrected chi connectivity index (χ1v) is 6.86. The molecule has 8 heteroatoms. The Morgan fingerprint density at radius 2 is 1.65 bits per heavy atom. The van der Waals surface area contributed by atoms with E-state index in [1.165, 1.54) is 0 Å². The second-order valence-corrected chi connectivity index (χ2v) is 6.05. The first-order chi connectivity index (χ1) is 10.1. The van der Waals surface area contributed by atoms with Crippen LogP contribution in [0.1, 0.15) is 37.6 Å². The molecule has 0 aliphatic carbocycles. The Morgan fingerprint density at radius 3 is 2.09 bits per heavy atom. The molecular formula is C15H23ClN4O3. The number of rotatable bonds is 5. The van der Waals surface area contributed by atoms with E-state index in [2.05, 4.69) is 10.6 Å². The van der Waals surface area contributed by atoms with Gasteiger partial charge in [0, 0.05) is 16.8 Å². The molecule has 6 N–H and O–H groups in total. The van der Waals surface area contributed by atoms with E-state index in [9.17, 15) is 14.4 Å². The predicted molar refractivity (Wildman–Crippen MR) is 91.3 cm³/mol. The molecule has 0 heterocycles. The molecule has 0 radical (unpaired) electrons. The third kappa shape index (κ3) is 7.62. The van der Waals surface area contributed by atoms with Gasteiger partial charge in [-0.25, -0.2) is 0 Å². The van der Waals surface area contributed by atoms with Gasteiger partial charge in [0.15, 0.2) is 0 Å². The normalized spacial score (nSPS) is 11.8. The molecule has 0 bridgehead atoms. The Kier molecular flexibility index (Phi) is 7.71. The molecule has 1 atom stereocenters. The Morgan fingerprint density at radius 1 is 1.13 bits per heavy atom. The number of hydrogen-bond donors (Lipinski definition) is 4. The lowest BCUT2D eigenvalue weighted by Gasteiger charge is -2.20. The van der Waals surface area contributed by atoms with E-state index in [1.54, 1.807) is 24.3 Å². The van der Waals surface area contributed by atoms with Crippen LogP contribution in [0, 0.1) is 0 Å². The van der Waals surface area contributed by atoms with Crippen LogP contribution in [0.2, 0.25) is 0 Å². The number of carbonyl (C=O) groups excluding carboxylic acids is 3. The molecule has 0 aromatic heterocycles. The van der Waals surface area contributed by atoms with Crippen LogP contribution in [0.15, 0.2) is 24.3 Å². The van der Waals surface area contributed by atoms with Gasteiger partial charge in [-0.1, -0.05) is 0 Å². The molecule has 7 nitrogen and oxygen atoms in total. The fraction of sp³-hybridized carbons (Fsp3) is 0.400. The van der Waals surface area contributed by atoms with E-state index < -0.39 is 17.9 Å². The van der Waals surface area contributed by atoms with Crippen molar-refractivity contribution in [2.24, 2.45) is 11.5 Å². The lowest BCUT2D eigenvalue weighted by Crippen LogP contribution is -2.40. The number of amides is 3. The fourth-order valence-corrected chi connectivity index (χ4v) is 1.66. The molecule has 0 fully saturated rings. The first-order valence-electron chi connectivity index (χ1n) is 6.86. The van der Waals surface area contributed by atoms with E-state index in [0.717, 1.165) is 0 Å². The van der Waals surface area contributed by atoms with E-state index >= 15 is 0 Å². The van der Waals surface area contributed by atoms with Crippen molar-refractivity contribution in [1.82, 2.24) is 5.32 Å². The standard InChI is InChI=1S/C15H22N4O3.ClH/c1-15(2,3)19-13(21)9-4-6-10(7-5-9)18-14(22)11(16)8-12(17)20;/h4-7,11H,8,16H2,1-3H3,(H2,17,20)(H,18,22)(H,19,21);1H. The second-order valence-electron chi connectivity index (χ2n) is 6.05. The highest BCUT2D eigenvalue weighted by atomic mass is 35.5. The summed E-state index contributed by atoms with van der Waals surface area (Å²) in [6, 6.07) is 5.37. The Balaban J connectivity index is 0.00000484. The minimum atomic E-state index is -0.999. The van der Waals surface area contributed by atoms with Crippen molar-refractivity contribution in [3.8, 4) is 0 Å². The van der Waals surface area contributed by atoms with Crippen LogP contribution in [0.5, 0.6) is 0 Å². The number of hydrogen-bond acceptors (Lipinski definition) is 4. The quantitative estimate of drug-likeness (QED) is 0.630. The van der Waals surface area contributed by atoms with E-state index in [0.29, 0.717) is 11.3 Å². The number of benzene rings is 1.